The van der Waals surface area contributed by atoms with E-state index in [0.29, 0.717) is 0 Å². The van der Waals surface area contributed by atoms with Gasteiger partial charge in [0.15, 0.2) is 0 Å². The number of nitrogens with one attached hydrogen (secondary N) is 1. The van der Waals surface area contributed by atoms with Crippen LogP contribution in [0.1, 0.15) is 30.4 Å². The lowest BCUT2D eigenvalue weighted by Gasteiger charge is -2.26. The minimum atomic E-state index is -3.93. The van der Waals surface area contributed by atoms with Crippen LogP contribution in [0, 0.1) is 10.1 Å². The van der Waals surface area contributed by atoms with E-state index < -0.39 is 27.4 Å². The second-order valence-electron chi connectivity index (χ2n) is 8.31. The first-order valence-corrected chi connectivity index (χ1v) is 12.9. The van der Waals surface area contributed by atoms with Crippen molar-refractivity contribution in [2.75, 3.05) is 37.3 Å². The lowest BCUT2D eigenvalue weighted by atomic mass is 10.1. The molecule has 1 aliphatic rings. The number of methoxy groups -OCH3 is 1. The molecule has 34 heavy (non-hydrogen) atoms. The van der Waals surface area contributed by atoms with E-state index in [1.165, 1.54) is 44.1 Å². The van der Waals surface area contributed by atoms with Crippen molar-refractivity contribution in [2.24, 2.45) is 0 Å². The summed E-state index contributed by atoms with van der Waals surface area (Å²) < 4.78 is 30.8. The summed E-state index contributed by atoms with van der Waals surface area (Å²) in [5.74, 6) is -0.440. The van der Waals surface area contributed by atoms with Gasteiger partial charge in [-0.2, -0.15) is 0 Å². The van der Waals surface area contributed by atoms with Crippen LogP contribution in [-0.2, 0) is 27.9 Å². The third-order valence-electron chi connectivity index (χ3n) is 5.70. The minimum Gasteiger partial charge on any atom is -0.495 e. The van der Waals surface area contributed by atoms with Gasteiger partial charge in [0.2, 0.25) is 15.9 Å². The number of sulfonamides is 1. The van der Waals surface area contributed by atoms with Crippen LogP contribution in [0.4, 0.5) is 11.4 Å². The van der Waals surface area contributed by atoms with Crippen LogP contribution in [0.15, 0.2) is 42.5 Å². The number of carbonyl (C=O) groups excluding carboxylic acids is 1. The molecule has 0 saturated carbocycles. The summed E-state index contributed by atoms with van der Waals surface area (Å²) in [7, 11) is -2.61. The molecule has 0 bridgehead atoms. The smallest absolute Gasteiger partial charge is 0.271 e. The lowest BCUT2D eigenvalue weighted by Crippen LogP contribution is -2.40. The molecule has 0 spiro atoms. The Morgan fingerprint density at radius 3 is 2.35 bits per heavy atom. The largest absolute Gasteiger partial charge is 0.495 e. The van der Waals surface area contributed by atoms with E-state index in [9.17, 15) is 23.3 Å². The summed E-state index contributed by atoms with van der Waals surface area (Å²) in [6, 6.07) is 11.5. The number of amides is 1. The summed E-state index contributed by atoms with van der Waals surface area (Å²) in [6.07, 6.45) is 4.69. The van der Waals surface area contributed by atoms with Crippen LogP contribution in [0.5, 0.6) is 5.75 Å². The van der Waals surface area contributed by atoms with Gasteiger partial charge in [-0.25, -0.2) is 8.42 Å². The number of benzene rings is 2. The highest BCUT2D eigenvalue weighted by molar-refractivity contribution is 7.92. The Hall–Kier alpha value is -3.18. The predicted octanol–water partition coefficient (Wildman–Crippen LogP) is 2.67. The number of nitrogens with zero attached hydrogens (tertiary/aromatic N) is 3. The fraction of sp³-hybridized carbons (Fsp3) is 0.435. The van der Waals surface area contributed by atoms with Crippen LogP contribution < -0.4 is 14.4 Å². The molecule has 1 aliphatic heterocycles. The van der Waals surface area contributed by atoms with Crippen molar-refractivity contribution < 1.29 is 22.9 Å². The van der Waals surface area contributed by atoms with Crippen LogP contribution in [0.2, 0.25) is 0 Å². The maximum Gasteiger partial charge on any atom is 0.271 e. The van der Waals surface area contributed by atoms with E-state index in [-0.39, 0.29) is 23.7 Å². The monoisotopic (exact) mass is 490 g/mol. The molecule has 2 aromatic carbocycles. The number of nitro benzene ring substituents is 1. The van der Waals surface area contributed by atoms with E-state index in [4.69, 9.17) is 4.74 Å². The molecule has 3 rings (SSSR count). The highest BCUT2D eigenvalue weighted by Gasteiger charge is 2.26. The molecular weight excluding hydrogens is 460 g/mol. The van der Waals surface area contributed by atoms with E-state index in [1.807, 2.05) is 24.3 Å². The summed E-state index contributed by atoms with van der Waals surface area (Å²) in [4.78, 5) is 25.5. The quantitative estimate of drug-likeness (QED) is 0.401. The SMILES string of the molecule is COc1ccc([N+](=O)[O-])cc1N(CC(=O)NCc1ccc(CN2CCCCC2)cc1)S(C)(=O)=O. The van der Waals surface area contributed by atoms with Gasteiger partial charge in [-0.3, -0.25) is 24.1 Å². The van der Waals surface area contributed by atoms with Crippen molar-refractivity contribution in [3.8, 4) is 5.75 Å². The molecular formula is C23H30N4O6S. The summed E-state index contributed by atoms with van der Waals surface area (Å²) >= 11 is 0. The molecule has 1 amide bonds. The highest BCUT2D eigenvalue weighted by Crippen LogP contribution is 2.33. The number of nitro groups is 1. The van der Waals surface area contributed by atoms with E-state index in [0.717, 1.165) is 41.8 Å². The molecule has 0 atom stereocenters. The van der Waals surface area contributed by atoms with Crippen molar-refractivity contribution >= 4 is 27.3 Å². The first kappa shape index (κ1) is 25.4. The zero-order valence-electron chi connectivity index (χ0n) is 19.4. The van der Waals surface area contributed by atoms with Gasteiger partial charge in [-0.15, -0.1) is 0 Å². The van der Waals surface area contributed by atoms with E-state index >= 15 is 0 Å². The zero-order chi connectivity index (χ0) is 24.7. The van der Waals surface area contributed by atoms with Crippen LogP contribution in [-0.4, -0.2) is 57.1 Å². The molecule has 184 valence electrons. The number of carbonyl (C=O) groups is 1. The lowest BCUT2D eigenvalue weighted by molar-refractivity contribution is -0.384. The van der Waals surface area contributed by atoms with Crippen LogP contribution >= 0.6 is 0 Å². The average Bonchev–Trinajstić information content (AvgIpc) is 2.81. The molecule has 11 heteroatoms. The number of rotatable bonds is 10. The molecule has 1 saturated heterocycles. The van der Waals surface area contributed by atoms with Gasteiger partial charge in [-0.1, -0.05) is 30.7 Å². The van der Waals surface area contributed by atoms with Crippen LogP contribution in [0.3, 0.4) is 0 Å². The van der Waals surface area contributed by atoms with Gasteiger partial charge in [0.05, 0.1) is 18.3 Å². The third-order valence-corrected chi connectivity index (χ3v) is 6.82. The summed E-state index contributed by atoms with van der Waals surface area (Å²) in [5, 5.41) is 13.9. The molecule has 0 unspecified atom stereocenters. The zero-order valence-corrected chi connectivity index (χ0v) is 20.2. The number of piperidine rings is 1. The van der Waals surface area contributed by atoms with Crippen molar-refractivity contribution in [3.63, 3.8) is 0 Å². The maximum atomic E-state index is 12.6. The second-order valence-corrected chi connectivity index (χ2v) is 10.2. The first-order valence-electron chi connectivity index (χ1n) is 11.0. The Labute approximate surface area is 199 Å². The fourth-order valence-corrected chi connectivity index (χ4v) is 4.74. The normalized spacial score (nSPS) is 14.4. The highest BCUT2D eigenvalue weighted by atomic mass is 32.2. The second kappa shape index (κ2) is 11.3. The Bertz CT molecular complexity index is 1110. The molecule has 0 aliphatic carbocycles. The number of ether oxygens (including phenoxy) is 1. The molecule has 0 radical (unpaired) electrons. The molecule has 0 aromatic heterocycles. The maximum absolute atomic E-state index is 12.6. The van der Waals surface area contributed by atoms with Gasteiger partial charge in [0.25, 0.3) is 5.69 Å². The number of likely N-dealkylation sites (tertiary alicyclic amines) is 1. The van der Waals surface area contributed by atoms with Crippen molar-refractivity contribution in [3.05, 3.63) is 63.7 Å². The van der Waals surface area contributed by atoms with Gasteiger partial charge in [0.1, 0.15) is 18.0 Å². The van der Waals surface area contributed by atoms with Crippen molar-refractivity contribution in [1.82, 2.24) is 10.2 Å². The Balaban J connectivity index is 1.65. The van der Waals surface area contributed by atoms with Gasteiger partial charge in [-0.05, 0) is 43.1 Å². The molecule has 1 N–H and O–H groups in total. The summed E-state index contributed by atoms with van der Waals surface area (Å²) in [5.41, 5.74) is 1.71. The Kier molecular flexibility index (Phi) is 8.46. The first-order chi connectivity index (χ1) is 16.2. The average molecular weight is 491 g/mol. The molecule has 10 nitrogen and oxygen atoms in total. The minimum absolute atomic E-state index is 0.0728. The van der Waals surface area contributed by atoms with Crippen LogP contribution in [0.25, 0.3) is 0 Å². The van der Waals surface area contributed by atoms with Gasteiger partial charge in [0, 0.05) is 25.2 Å². The van der Waals surface area contributed by atoms with Crippen molar-refractivity contribution in [1.29, 1.82) is 0 Å². The van der Waals surface area contributed by atoms with E-state index in [1.54, 1.807) is 0 Å². The molecule has 1 heterocycles. The molecule has 1 fully saturated rings. The number of hydrogen-bond acceptors (Lipinski definition) is 7. The van der Waals surface area contributed by atoms with E-state index in [2.05, 4.69) is 10.2 Å². The predicted molar refractivity (Wildman–Crippen MR) is 129 cm³/mol. The third kappa shape index (κ3) is 6.91. The Morgan fingerprint density at radius 2 is 1.76 bits per heavy atom. The fourth-order valence-electron chi connectivity index (χ4n) is 3.89. The van der Waals surface area contributed by atoms with Gasteiger partial charge < -0.3 is 10.1 Å². The van der Waals surface area contributed by atoms with Crippen molar-refractivity contribution in [2.45, 2.75) is 32.4 Å². The number of hydrogen-bond donors (Lipinski definition) is 1. The molecule has 2 aromatic rings. The topological polar surface area (TPSA) is 122 Å². The standard InChI is InChI=1S/C23H30N4O6S/c1-33-22-11-10-20(27(29)30)14-21(22)26(34(2,31)32)17-23(28)24-15-18-6-8-19(9-7-18)16-25-12-4-3-5-13-25/h6-11,14H,3-5,12-13,15-17H2,1-2H3,(H,24,28). The number of non-ortho nitro benzene ring substituents is 1. The van der Waals surface area contributed by atoms with Gasteiger partial charge >= 0.3 is 0 Å². The summed E-state index contributed by atoms with van der Waals surface area (Å²) in [6.45, 7) is 2.82. The Morgan fingerprint density at radius 1 is 1.12 bits per heavy atom. The number of anilines is 1.